The number of carbonyl (C=O) groups excluding carboxylic acids is 2. The lowest BCUT2D eigenvalue weighted by molar-refractivity contribution is 0.0963. The fourth-order valence-electron chi connectivity index (χ4n) is 3.23. The van der Waals surface area contributed by atoms with E-state index >= 15 is 0 Å². The second kappa shape index (κ2) is 7.95. The first-order chi connectivity index (χ1) is 14.5. The van der Waals surface area contributed by atoms with Crippen LogP contribution in [0.3, 0.4) is 0 Å². The van der Waals surface area contributed by atoms with Gasteiger partial charge >= 0.3 is 12.1 Å². The largest absolute Gasteiger partial charge is 0.441 e. The van der Waals surface area contributed by atoms with Gasteiger partial charge in [0.15, 0.2) is 0 Å². The maximum atomic E-state index is 14.7. The quantitative estimate of drug-likeness (QED) is 0.778. The summed E-state index contributed by atoms with van der Waals surface area (Å²) in [6.07, 6.45) is 1.75. The predicted octanol–water partition coefficient (Wildman–Crippen LogP) is 1.35. The van der Waals surface area contributed by atoms with Crippen LogP contribution < -0.4 is 15.5 Å². The fraction of sp³-hybridized carbons (Fsp3) is 0.263. The molecule has 1 atom stereocenters. The van der Waals surface area contributed by atoms with Crippen molar-refractivity contribution in [2.45, 2.75) is 6.10 Å². The molecule has 11 heteroatoms. The molecule has 2 aromatic rings. The van der Waals surface area contributed by atoms with Crippen LogP contribution in [0.5, 0.6) is 0 Å². The Morgan fingerprint density at radius 3 is 2.70 bits per heavy atom. The maximum absolute atomic E-state index is 14.7. The van der Waals surface area contributed by atoms with Crippen molar-refractivity contribution in [2.75, 3.05) is 36.0 Å². The van der Waals surface area contributed by atoms with Crippen LogP contribution in [0.25, 0.3) is 11.1 Å². The van der Waals surface area contributed by atoms with E-state index in [1.807, 2.05) is 0 Å². The summed E-state index contributed by atoms with van der Waals surface area (Å²) >= 11 is 0. The Labute approximate surface area is 170 Å². The zero-order valence-electron chi connectivity index (χ0n) is 15.8. The minimum atomic E-state index is -0.623. The molecule has 4 rings (SSSR count). The summed E-state index contributed by atoms with van der Waals surface area (Å²) in [5.74, 6) is 0.0810. The van der Waals surface area contributed by atoms with E-state index in [4.69, 9.17) is 15.6 Å². The van der Waals surface area contributed by atoms with E-state index in [2.05, 4.69) is 10.1 Å². The average Bonchev–Trinajstić information content (AvgIpc) is 3.15. The highest BCUT2D eigenvalue weighted by molar-refractivity contribution is 5.90. The van der Waals surface area contributed by atoms with Crippen LogP contribution >= 0.6 is 0 Å². The van der Waals surface area contributed by atoms with Crippen molar-refractivity contribution in [2.24, 2.45) is 10.8 Å². The van der Waals surface area contributed by atoms with Crippen molar-refractivity contribution in [3.63, 3.8) is 0 Å². The Kier molecular flexibility index (Phi) is 5.19. The molecular formula is C19H19FN6O4. The van der Waals surface area contributed by atoms with Crippen LogP contribution in [-0.4, -0.2) is 65.9 Å². The highest BCUT2D eigenvalue weighted by atomic mass is 19.1. The van der Waals surface area contributed by atoms with Crippen LogP contribution in [0.4, 0.5) is 25.5 Å². The Bertz CT molecular complexity index is 999. The van der Waals surface area contributed by atoms with Gasteiger partial charge in [-0.2, -0.15) is 5.10 Å². The van der Waals surface area contributed by atoms with Gasteiger partial charge in [0.2, 0.25) is 0 Å². The number of urea groups is 1. The topological polar surface area (TPSA) is 125 Å². The van der Waals surface area contributed by atoms with Crippen LogP contribution in [-0.2, 0) is 4.74 Å². The van der Waals surface area contributed by atoms with Gasteiger partial charge in [-0.15, -0.1) is 0 Å². The van der Waals surface area contributed by atoms with E-state index in [-0.39, 0.29) is 13.2 Å². The van der Waals surface area contributed by atoms with Gasteiger partial charge in [0, 0.05) is 23.9 Å². The maximum Gasteiger partial charge on any atom is 0.414 e. The van der Waals surface area contributed by atoms with Crippen LogP contribution in [0, 0.1) is 5.82 Å². The van der Waals surface area contributed by atoms with E-state index in [0.717, 1.165) is 5.01 Å². The van der Waals surface area contributed by atoms with Gasteiger partial charge in [0.05, 0.1) is 25.4 Å². The molecule has 0 bridgehead atoms. The Morgan fingerprint density at radius 2 is 2.13 bits per heavy atom. The number of aliphatic hydroxyl groups excluding tert-OH is 1. The Hall–Kier alpha value is -3.73. The van der Waals surface area contributed by atoms with Gasteiger partial charge in [-0.3, -0.25) is 4.90 Å². The molecule has 1 saturated heterocycles. The third kappa shape index (κ3) is 3.74. The van der Waals surface area contributed by atoms with Gasteiger partial charge in [-0.1, -0.05) is 0 Å². The predicted molar refractivity (Wildman–Crippen MR) is 106 cm³/mol. The van der Waals surface area contributed by atoms with E-state index in [9.17, 15) is 14.0 Å². The smallest absolute Gasteiger partial charge is 0.414 e. The second-order valence-electron chi connectivity index (χ2n) is 6.75. The highest BCUT2D eigenvalue weighted by Crippen LogP contribution is 2.29. The van der Waals surface area contributed by atoms with E-state index in [1.54, 1.807) is 29.2 Å². The number of aromatic nitrogens is 1. The third-order valence-electron chi connectivity index (χ3n) is 4.83. The normalized spacial score (nSPS) is 18.7. The number of pyridine rings is 1. The SMILES string of the molecule is NC(=O)N1CCN(c2ccc(-c3ccc(N4CC(CO)OC4=O)cc3F)cn2)C=N1. The van der Waals surface area contributed by atoms with Crippen LogP contribution in [0.1, 0.15) is 0 Å². The van der Waals surface area contributed by atoms with E-state index < -0.39 is 24.0 Å². The van der Waals surface area contributed by atoms with E-state index in [1.165, 1.54) is 23.5 Å². The first kappa shape index (κ1) is 19.6. The zero-order valence-corrected chi connectivity index (χ0v) is 15.8. The monoisotopic (exact) mass is 414 g/mol. The molecule has 1 aromatic heterocycles. The fourth-order valence-corrected chi connectivity index (χ4v) is 3.23. The second-order valence-corrected chi connectivity index (χ2v) is 6.75. The summed E-state index contributed by atoms with van der Waals surface area (Å²) in [6.45, 7) is 0.683. The lowest BCUT2D eigenvalue weighted by Gasteiger charge is -2.26. The molecule has 0 spiro atoms. The first-order valence-electron chi connectivity index (χ1n) is 9.19. The number of aliphatic hydroxyl groups is 1. The number of hydrazone groups is 1. The molecule has 2 aliphatic heterocycles. The molecule has 3 amide bonds. The van der Waals surface area contributed by atoms with E-state index in [0.29, 0.717) is 35.7 Å². The van der Waals surface area contributed by atoms with Crippen molar-refractivity contribution in [1.29, 1.82) is 0 Å². The Morgan fingerprint density at radius 1 is 1.30 bits per heavy atom. The lowest BCUT2D eigenvalue weighted by Crippen LogP contribution is -2.43. The molecular weight excluding hydrogens is 395 g/mol. The minimum absolute atomic E-state index is 0.162. The van der Waals surface area contributed by atoms with Crippen LogP contribution in [0.15, 0.2) is 41.6 Å². The lowest BCUT2D eigenvalue weighted by atomic mass is 10.1. The number of rotatable bonds is 4. The number of benzene rings is 1. The molecule has 156 valence electrons. The average molecular weight is 414 g/mol. The summed E-state index contributed by atoms with van der Waals surface area (Å²) in [5, 5.41) is 14.2. The van der Waals surface area contributed by atoms with Crippen molar-refractivity contribution in [3.8, 4) is 11.1 Å². The molecule has 1 aromatic carbocycles. The number of hydrogen-bond donors (Lipinski definition) is 2. The third-order valence-corrected chi connectivity index (χ3v) is 4.83. The number of amides is 3. The molecule has 0 radical (unpaired) electrons. The summed E-state index contributed by atoms with van der Waals surface area (Å²) in [4.78, 5) is 30.4. The van der Waals surface area contributed by atoms with Crippen molar-refractivity contribution >= 4 is 30.0 Å². The summed E-state index contributed by atoms with van der Waals surface area (Å²) in [7, 11) is 0. The van der Waals surface area contributed by atoms with Crippen LogP contribution in [0.2, 0.25) is 0 Å². The van der Waals surface area contributed by atoms with Gasteiger partial charge < -0.3 is 20.5 Å². The number of ether oxygens (including phenoxy) is 1. The highest BCUT2D eigenvalue weighted by Gasteiger charge is 2.32. The molecule has 2 aliphatic rings. The number of hydrogen-bond acceptors (Lipinski definition) is 7. The van der Waals surface area contributed by atoms with Gasteiger partial charge in [0.1, 0.15) is 24.1 Å². The molecule has 0 saturated carbocycles. The van der Waals surface area contributed by atoms with Gasteiger partial charge in [-0.05, 0) is 30.3 Å². The zero-order chi connectivity index (χ0) is 21.3. The Balaban J connectivity index is 1.50. The number of halogens is 1. The summed E-state index contributed by atoms with van der Waals surface area (Å²) in [6, 6.07) is 7.25. The summed E-state index contributed by atoms with van der Waals surface area (Å²) < 4.78 is 19.7. The molecule has 1 fully saturated rings. The number of nitrogens with zero attached hydrogens (tertiary/aromatic N) is 5. The standard InChI is InChI=1S/C19H19FN6O4/c20-16-7-13(25-9-14(10-27)30-19(25)29)2-3-15(16)12-1-4-17(22-8-12)24-5-6-26(18(21)28)23-11-24/h1-4,7-8,11,14,27H,5-6,9-10H2,(H2,21,28). The van der Waals surface area contributed by atoms with Crippen molar-refractivity contribution in [1.82, 2.24) is 9.99 Å². The van der Waals surface area contributed by atoms with Gasteiger partial charge in [-0.25, -0.2) is 24.0 Å². The van der Waals surface area contributed by atoms with Gasteiger partial charge in [0.25, 0.3) is 0 Å². The van der Waals surface area contributed by atoms with Crippen molar-refractivity contribution < 1.29 is 23.8 Å². The molecule has 1 unspecified atom stereocenters. The number of anilines is 2. The molecule has 30 heavy (non-hydrogen) atoms. The first-order valence-corrected chi connectivity index (χ1v) is 9.19. The molecule has 3 heterocycles. The molecule has 3 N–H and O–H groups in total. The number of nitrogens with two attached hydrogens (primary N) is 1. The number of primary amides is 1. The molecule has 0 aliphatic carbocycles. The number of carbonyl (C=O) groups is 2. The van der Waals surface area contributed by atoms with Crippen molar-refractivity contribution in [3.05, 3.63) is 42.3 Å². The molecule has 10 nitrogen and oxygen atoms in total. The number of cyclic esters (lactones) is 1. The summed E-state index contributed by atoms with van der Waals surface area (Å²) in [5.41, 5.74) is 6.43. The minimum Gasteiger partial charge on any atom is -0.441 e.